The van der Waals surface area contributed by atoms with Gasteiger partial charge >= 0.3 is 6.18 Å². The summed E-state index contributed by atoms with van der Waals surface area (Å²) >= 11 is 0. The number of hydrogen-bond acceptors (Lipinski definition) is 6. The fraction of sp³-hybridized carbons (Fsp3) is 0.429. The van der Waals surface area contributed by atoms with Crippen LogP contribution in [-0.4, -0.2) is 35.2 Å². The number of nitrogens with zero attached hydrogens (tertiary/aromatic N) is 3. The minimum Gasteiger partial charge on any atom is -0.421 e. The second kappa shape index (κ2) is 7.00. The summed E-state index contributed by atoms with van der Waals surface area (Å²) in [5.74, 6) is -0.205. The van der Waals surface area contributed by atoms with Crippen molar-refractivity contribution in [3.8, 4) is 11.8 Å². The quantitative estimate of drug-likeness (QED) is 0.826. The van der Waals surface area contributed by atoms with Crippen molar-refractivity contribution < 1.29 is 26.3 Å². The lowest BCUT2D eigenvalue weighted by molar-refractivity contribution is -0.141. The Morgan fingerprint density at radius 2 is 2.04 bits per heavy atom. The summed E-state index contributed by atoms with van der Waals surface area (Å²) in [5, 5.41) is 3.34. The molecule has 0 aromatic carbocycles. The third-order valence-electron chi connectivity index (χ3n) is 3.26. The molecule has 2 heterocycles. The molecule has 0 bridgehead atoms. The molecule has 0 saturated heterocycles. The fourth-order valence-electron chi connectivity index (χ4n) is 1.97. The van der Waals surface area contributed by atoms with Gasteiger partial charge in [0, 0.05) is 31.5 Å². The molecule has 0 aliphatic carbocycles. The van der Waals surface area contributed by atoms with E-state index >= 15 is 0 Å². The lowest BCUT2D eigenvalue weighted by Gasteiger charge is -2.12. The van der Waals surface area contributed by atoms with Gasteiger partial charge in [-0.3, -0.25) is 0 Å². The highest BCUT2D eigenvalue weighted by atomic mass is 32.2. The third-order valence-corrected chi connectivity index (χ3v) is 4.24. The number of nitrogens with two attached hydrogens (primary N) is 1. The Hall–Kier alpha value is -2.14. The number of aryl methyl sites for hydroxylation is 1. The maximum Gasteiger partial charge on any atom is 0.435 e. The molecular weight excluding hydrogens is 361 g/mol. The highest BCUT2D eigenvalue weighted by Crippen LogP contribution is 2.31. The topological polar surface area (TPSA) is 100 Å². The Morgan fingerprint density at radius 1 is 1.36 bits per heavy atom. The molecule has 2 aromatic rings. The van der Waals surface area contributed by atoms with E-state index in [0.717, 1.165) is 17.0 Å². The molecule has 0 fully saturated rings. The predicted molar refractivity (Wildman–Crippen MR) is 83.8 cm³/mol. The molecule has 1 atom stereocenters. The van der Waals surface area contributed by atoms with E-state index in [4.69, 9.17) is 10.5 Å². The van der Waals surface area contributed by atoms with E-state index in [0.29, 0.717) is 5.69 Å². The molecule has 7 nitrogen and oxygen atoms in total. The average molecular weight is 378 g/mol. The minimum atomic E-state index is -4.58. The van der Waals surface area contributed by atoms with Crippen molar-refractivity contribution >= 4 is 9.84 Å². The van der Waals surface area contributed by atoms with Gasteiger partial charge in [0.05, 0.1) is 11.4 Å². The molecule has 0 amide bonds. The number of hydrogen-bond donors (Lipinski definition) is 1. The number of aromatic nitrogens is 3. The van der Waals surface area contributed by atoms with Gasteiger partial charge in [-0.05, 0) is 12.5 Å². The number of alkyl halides is 3. The van der Waals surface area contributed by atoms with Crippen LogP contribution >= 0.6 is 0 Å². The van der Waals surface area contributed by atoms with E-state index in [-0.39, 0.29) is 23.9 Å². The summed E-state index contributed by atoms with van der Waals surface area (Å²) in [4.78, 5) is 4.12. The standard InChI is InChI=1S/C14H17F3N4O3S/c1-21-13(8-11(20-21)14(15,16)17)24-12-5-3-4-10(19-12)9(18)6-7-25(2,22)23/h3-5,8-9H,6-7,18H2,1-2H3. The minimum absolute atomic E-state index is 0.0315. The maximum absolute atomic E-state index is 12.7. The second-order valence-electron chi connectivity index (χ2n) is 5.52. The number of halogens is 3. The highest BCUT2D eigenvalue weighted by molar-refractivity contribution is 7.90. The molecular formula is C14H17F3N4O3S. The van der Waals surface area contributed by atoms with Gasteiger partial charge in [-0.1, -0.05) is 6.07 Å². The first-order valence-electron chi connectivity index (χ1n) is 7.15. The van der Waals surface area contributed by atoms with Crippen LogP contribution in [0.1, 0.15) is 23.9 Å². The average Bonchev–Trinajstić information content (AvgIpc) is 2.85. The molecule has 11 heteroatoms. The lowest BCUT2D eigenvalue weighted by atomic mass is 10.1. The van der Waals surface area contributed by atoms with Gasteiger partial charge in [0.25, 0.3) is 0 Å². The van der Waals surface area contributed by atoms with Crippen molar-refractivity contribution in [2.75, 3.05) is 12.0 Å². The zero-order chi connectivity index (χ0) is 18.8. The van der Waals surface area contributed by atoms with Crippen molar-refractivity contribution in [2.24, 2.45) is 12.8 Å². The number of ether oxygens (including phenoxy) is 1. The molecule has 0 spiro atoms. The zero-order valence-electron chi connectivity index (χ0n) is 13.5. The van der Waals surface area contributed by atoms with E-state index in [1.807, 2.05) is 0 Å². The Morgan fingerprint density at radius 3 is 2.60 bits per heavy atom. The Balaban J connectivity index is 2.15. The van der Waals surface area contributed by atoms with Gasteiger partial charge in [-0.2, -0.15) is 18.3 Å². The number of sulfone groups is 1. The first kappa shape index (κ1) is 19.2. The van der Waals surface area contributed by atoms with Crippen molar-refractivity contribution in [2.45, 2.75) is 18.6 Å². The largest absolute Gasteiger partial charge is 0.435 e. The summed E-state index contributed by atoms with van der Waals surface area (Å²) in [5.41, 5.74) is 5.20. The van der Waals surface area contributed by atoms with Crippen LogP contribution in [0.2, 0.25) is 0 Å². The summed E-state index contributed by atoms with van der Waals surface area (Å²) in [6.45, 7) is 0. The van der Waals surface area contributed by atoms with E-state index in [9.17, 15) is 21.6 Å². The smallest absolute Gasteiger partial charge is 0.421 e. The van der Waals surface area contributed by atoms with E-state index in [1.54, 1.807) is 12.1 Å². The molecule has 25 heavy (non-hydrogen) atoms. The van der Waals surface area contributed by atoms with Gasteiger partial charge < -0.3 is 10.5 Å². The SMILES string of the molecule is Cn1nc(C(F)(F)F)cc1Oc1cccc(C(N)CCS(C)(=O)=O)n1. The lowest BCUT2D eigenvalue weighted by Crippen LogP contribution is -2.17. The van der Waals surface area contributed by atoms with E-state index < -0.39 is 27.7 Å². The van der Waals surface area contributed by atoms with Crippen molar-refractivity contribution in [3.63, 3.8) is 0 Å². The highest BCUT2D eigenvalue weighted by Gasteiger charge is 2.35. The van der Waals surface area contributed by atoms with Crippen LogP contribution in [0.25, 0.3) is 0 Å². The summed E-state index contributed by atoms with van der Waals surface area (Å²) in [6.07, 6.45) is -3.31. The third kappa shape index (κ3) is 5.43. The van der Waals surface area contributed by atoms with Crippen LogP contribution in [0.15, 0.2) is 24.3 Å². The molecule has 0 radical (unpaired) electrons. The van der Waals surface area contributed by atoms with Crippen molar-refractivity contribution in [1.82, 2.24) is 14.8 Å². The van der Waals surface area contributed by atoms with Crippen LogP contribution in [0.5, 0.6) is 11.8 Å². The molecule has 2 aromatic heterocycles. The van der Waals surface area contributed by atoms with Crippen LogP contribution < -0.4 is 10.5 Å². The normalized spacial score (nSPS) is 13.7. The van der Waals surface area contributed by atoms with Crippen LogP contribution in [-0.2, 0) is 23.1 Å². The van der Waals surface area contributed by atoms with Crippen LogP contribution in [0.3, 0.4) is 0 Å². The van der Waals surface area contributed by atoms with Crippen molar-refractivity contribution in [3.05, 3.63) is 35.7 Å². The summed E-state index contributed by atoms with van der Waals surface area (Å²) in [7, 11) is -1.85. The van der Waals surface area contributed by atoms with Crippen LogP contribution in [0.4, 0.5) is 13.2 Å². The van der Waals surface area contributed by atoms with Gasteiger partial charge in [0.2, 0.25) is 11.8 Å². The Bertz CT molecular complexity index is 849. The molecule has 1 unspecified atom stereocenters. The van der Waals surface area contributed by atoms with Crippen LogP contribution in [0, 0.1) is 0 Å². The Labute approximate surface area is 142 Å². The zero-order valence-corrected chi connectivity index (χ0v) is 14.3. The van der Waals surface area contributed by atoms with Gasteiger partial charge in [0.15, 0.2) is 5.69 Å². The van der Waals surface area contributed by atoms with Gasteiger partial charge in [-0.15, -0.1) is 0 Å². The summed E-state index contributed by atoms with van der Waals surface area (Å²) < 4.78 is 66.6. The number of pyridine rings is 1. The molecule has 0 saturated carbocycles. The van der Waals surface area contributed by atoms with Gasteiger partial charge in [-0.25, -0.2) is 18.1 Å². The first-order valence-corrected chi connectivity index (χ1v) is 9.21. The summed E-state index contributed by atoms with van der Waals surface area (Å²) in [6, 6.07) is 4.73. The maximum atomic E-state index is 12.7. The van der Waals surface area contributed by atoms with E-state index in [1.165, 1.54) is 13.1 Å². The van der Waals surface area contributed by atoms with E-state index in [2.05, 4.69) is 10.1 Å². The first-order chi connectivity index (χ1) is 11.5. The van der Waals surface area contributed by atoms with Crippen molar-refractivity contribution in [1.29, 1.82) is 0 Å². The molecule has 0 aliphatic heterocycles. The monoisotopic (exact) mass is 378 g/mol. The molecule has 2 N–H and O–H groups in total. The molecule has 2 rings (SSSR count). The van der Waals surface area contributed by atoms with Gasteiger partial charge in [0.1, 0.15) is 9.84 Å². The Kier molecular flexibility index (Phi) is 5.37. The molecule has 0 aliphatic rings. The number of rotatable bonds is 6. The fourth-order valence-corrected chi connectivity index (χ4v) is 2.66. The second-order valence-corrected chi connectivity index (χ2v) is 7.78. The predicted octanol–water partition coefficient (Wildman–Crippen LogP) is 2.06. The molecule has 138 valence electrons.